The van der Waals surface area contributed by atoms with E-state index in [1.54, 1.807) is 10.9 Å². The second-order valence-electron chi connectivity index (χ2n) is 6.61. The van der Waals surface area contributed by atoms with E-state index in [4.69, 9.17) is 4.74 Å². The van der Waals surface area contributed by atoms with E-state index in [1.165, 1.54) is 5.56 Å². The molecule has 0 bridgehead atoms. The maximum Gasteiger partial charge on any atom is 0.127 e. The van der Waals surface area contributed by atoms with E-state index < -0.39 is 0 Å². The van der Waals surface area contributed by atoms with Crippen molar-refractivity contribution in [3.8, 4) is 11.5 Å². The van der Waals surface area contributed by atoms with Gasteiger partial charge in [-0.25, -0.2) is 0 Å². The Labute approximate surface area is 160 Å². The Bertz CT molecular complexity index is 815. The summed E-state index contributed by atoms with van der Waals surface area (Å²) in [6, 6.07) is 19.8. The molecule has 0 amide bonds. The standard InChI is InChI=1S/C22H27N3O2/c1-3-7-20(24-21(16-26)22-14-15-23-25(22)2)17-10-12-19(13-11-17)27-18-8-5-4-6-9-18/h4-6,8-15,20-21,24,26H,3,7,16H2,1-2H3. The summed E-state index contributed by atoms with van der Waals surface area (Å²) in [5.74, 6) is 1.63. The smallest absolute Gasteiger partial charge is 0.127 e. The molecule has 0 spiro atoms. The van der Waals surface area contributed by atoms with Gasteiger partial charge in [0.1, 0.15) is 11.5 Å². The SMILES string of the molecule is CCCC(NC(CO)c1ccnn1C)c1ccc(Oc2ccccc2)cc1. The van der Waals surface area contributed by atoms with E-state index in [-0.39, 0.29) is 18.7 Å². The number of benzene rings is 2. The van der Waals surface area contributed by atoms with Gasteiger partial charge in [-0.1, -0.05) is 43.7 Å². The fourth-order valence-electron chi connectivity index (χ4n) is 3.23. The number of nitrogens with zero attached hydrogens (tertiary/aromatic N) is 2. The van der Waals surface area contributed by atoms with Crippen molar-refractivity contribution in [1.29, 1.82) is 0 Å². The topological polar surface area (TPSA) is 59.3 Å². The van der Waals surface area contributed by atoms with Crippen LogP contribution in [0.15, 0.2) is 66.9 Å². The van der Waals surface area contributed by atoms with Crippen molar-refractivity contribution in [3.63, 3.8) is 0 Å². The largest absolute Gasteiger partial charge is 0.457 e. The van der Waals surface area contributed by atoms with Gasteiger partial charge in [0.15, 0.2) is 0 Å². The van der Waals surface area contributed by atoms with Crippen molar-refractivity contribution in [2.45, 2.75) is 31.8 Å². The molecule has 2 aromatic carbocycles. The number of hydrogen-bond acceptors (Lipinski definition) is 4. The zero-order chi connectivity index (χ0) is 19.1. The average molecular weight is 365 g/mol. The summed E-state index contributed by atoms with van der Waals surface area (Å²) in [4.78, 5) is 0. The number of aryl methyl sites for hydroxylation is 1. The average Bonchev–Trinajstić information content (AvgIpc) is 3.12. The summed E-state index contributed by atoms with van der Waals surface area (Å²) < 4.78 is 7.68. The summed E-state index contributed by atoms with van der Waals surface area (Å²) in [5, 5.41) is 17.7. The third-order valence-corrected chi connectivity index (χ3v) is 4.64. The monoisotopic (exact) mass is 365 g/mol. The van der Waals surface area contributed by atoms with Gasteiger partial charge in [0.05, 0.1) is 18.3 Å². The number of ether oxygens (including phenoxy) is 1. The predicted molar refractivity (Wildman–Crippen MR) is 107 cm³/mol. The number of para-hydroxylation sites is 1. The van der Waals surface area contributed by atoms with Crippen molar-refractivity contribution in [2.75, 3.05) is 6.61 Å². The maximum absolute atomic E-state index is 9.87. The van der Waals surface area contributed by atoms with Gasteiger partial charge in [-0.05, 0) is 42.3 Å². The summed E-state index contributed by atoms with van der Waals surface area (Å²) in [6.45, 7) is 2.19. The van der Waals surface area contributed by atoms with Crippen LogP contribution in [0.1, 0.15) is 43.1 Å². The minimum atomic E-state index is -0.158. The Balaban J connectivity index is 1.73. The van der Waals surface area contributed by atoms with E-state index in [0.29, 0.717) is 0 Å². The van der Waals surface area contributed by atoms with Crippen LogP contribution in [0.2, 0.25) is 0 Å². The van der Waals surface area contributed by atoms with Crippen molar-refractivity contribution in [2.24, 2.45) is 7.05 Å². The van der Waals surface area contributed by atoms with Crippen molar-refractivity contribution < 1.29 is 9.84 Å². The lowest BCUT2D eigenvalue weighted by molar-refractivity contribution is 0.224. The first kappa shape index (κ1) is 19.1. The quantitative estimate of drug-likeness (QED) is 0.591. The molecule has 1 heterocycles. The van der Waals surface area contributed by atoms with Crippen LogP contribution in [-0.4, -0.2) is 21.5 Å². The molecule has 3 rings (SSSR count). The Morgan fingerprint density at radius 2 is 1.70 bits per heavy atom. The van der Waals surface area contributed by atoms with Crippen LogP contribution in [0.5, 0.6) is 11.5 Å². The van der Waals surface area contributed by atoms with Crippen LogP contribution in [-0.2, 0) is 7.05 Å². The molecule has 0 saturated carbocycles. The molecular weight excluding hydrogens is 338 g/mol. The lowest BCUT2D eigenvalue weighted by atomic mass is 10.0. The number of aliphatic hydroxyl groups is 1. The summed E-state index contributed by atoms with van der Waals surface area (Å²) in [6.07, 6.45) is 3.78. The molecule has 142 valence electrons. The van der Waals surface area contributed by atoms with Gasteiger partial charge in [-0.15, -0.1) is 0 Å². The summed E-state index contributed by atoms with van der Waals surface area (Å²) >= 11 is 0. The molecule has 0 aliphatic rings. The molecule has 27 heavy (non-hydrogen) atoms. The lowest BCUT2D eigenvalue weighted by Gasteiger charge is -2.25. The molecule has 5 heteroatoms. The van der Waals surface area contributed by atoms with Gasteiger partial charge in [-0.2, -0.15) is 5.10 Å². The van der Waals surface area contributed by atoms with Crippen molar-refractivity contribution >= 4 is 0 Å². The van der Waals surface area contributed by atoms with Crippen molar-refractivity contribution in [1.82, 2.24) is 15.1 Å². The highest BCUT2D eigenvalue weighted by atomic mass is 16.5. The van der Waals surface area contributed by atoms with Gasteiger partial charge in [0, 0.05) is 19.3 Å². The van der Waals surface area contributed by atoms with E-state index in [1.807, 2.05) is 55.6 Å². The molecule has 2 unspecified atom stereocenters. The highest BCUT2D eigenvalue weighted by Gasteiger charge is 2.19. The number of nitrogens with one attached hydrogen (secondary N) is 1. The second kappa shape index (κ2) is 9.35. The minimum Gasteiger partial charge on any atom is -0.457 e. The molecule has 5 nitrogen and oxygen atoms in total. The lowest BCUT2D eigenvalue weighted by Crippen LogP contribution is -2.30. The predicted octanol–water partition coefficient (Wildman–Crippen LogP) is 4.38. The normalized spacial score (nSPS) is 13.3. The molecule has 0 aliphatic carbocycles. The molecule has 2 N–H and O–H groups in total. The first-order valence-electron chi connectivity index (χ1n) is 9.39. The molecule has 0 saturated heterocycles. The molecule has 0 fully saturated rings. The number of aliphatic hydroxyl groups excluding tert-OH is 1. The molecule has 0 aliphatic heterocycles. The van der Waals surface area contributed by atoms with Crippen molar-refractivity contribution in [3.05, 3.63) is 78.1 Å². The van der Waals surface area contributed by atoms with Crippen LogP contribution in [0.25, 0.3) is 0 Å². The van der Waals surface area contributed by atoms with Gasteiger partial charge in [-0.3, -0.25) is 10.00 Å². The Hall–Kier alpha value is -2.63. The summed E-state index contributed by atoms with van der Waals surface area (Å²) in [5.41, 5.74) is 2.15. The van der Waals surface area contributed by atoms with Gasteiger partial charge in [0.2, 0.25) is 0 Å². The first-order valence-corrected chi connectivity index (χ1v) is 9.39. The van der Waals surface area contributed by atoms with Crippen LogP contribution in [0.4, 0.5) is 0 Å². The van der Waals surface area contributed by atoms with Crippen LogP contribution < -0.4 is 10.1 Å². The molecule has 3 aromatic rings. The van der Waals surface area contributed by atoms with E-state index in [9.17, 15) is 5.11 Å². The summed E-state index contributed by atoms with van der Waals surface area (Å²) in [7, 11) is 1.89. The van der Waals surface area contributed by atoms with Gasteiger partial charge in [0.25, 0.3) is 0 Å². The zero-order valence-electron chi connectivity index (χ0n) is 15.9. The Morgan fingerprint density at radius 1 is 1.00 bits per heavy atom. The third-order valence-electron chi connectivity index (χ3n) is 4.64. The van der Waals surface area contributed by atoms with Crippen LogP contribution in [0.3, 0.4) is 0 Å². The Morgan fingerprint density at radius 3 is 2.30 bits per heavy atom. The number of rotatable bonds is 9. The Kier molecular flexibility index (Phi) is 6.63. The number of aromatic nitrogens is 2. The molecule has 0 radical (unpaired) electrons. The molecule has 1 aromatic heterocycles. The van der Waals surface area contributed by atoms with E-state index >= 15 is 0 Å². The molecular formula is C22H27N3O2. The van der Waals surface area contributed by atoms with Crippen LogP contribution in [0, 0.1) is 0 Å². The zero-order valence-corrected chi connectivity index (χ0v) is 15.9. The van der Waals surface area contributed by atoms with E-state index in [0.717, 1.165) is 30.0 Å². The first-order chi connectivity index (χ1) is 13.2. The fraction of sp³-hybridized carbons (Fsp3) is 0.318. The highest BCUT2D eigenvalue weighted by molar-refractivity contribution is 5.34. The van der Waals surface area contributed by atoms with Gasteiger partial charge >= 0.3 is 0 Å². The third kappa shape index (κ3) is 4.96. The highest BCUT2D eigenvalue weighted by Crippen LogP contribution is 2.27. The second-order valence-corrected chi connectivity index (χ2v) is 6.61. The van der Waals surface area contributed by atoms with Gasteiger partial charge < -0.3 is 9.84 Å². The fourth-order valence-corrected chi connectivity index (χ4v) is 3.23. The number of hydrogen-bond donors (Lipinski definition) is 2. The maximum atomic E-state index is 9.87. The van der Waals surface area contributed by atoms with Crippen LogP contribution >= 0.6 is 0 Å². The minimum absolute atomic E-state index is 0.0228. The van der Waals surface area contributed by atoms with E-state index in [2.05, 4.69) is 29.5 Å². The molecule has 2 atom stereocenters.